The van der Waals surface area contributed by atoms with Crippen LogP contribution in [0, 0.1) is 13.8 Å². The molecule has 0 bridgehead atoms. The summed E-state index contributed by atoms with van der Waals surface area (Å²) in [5.41, 5.74) is 3.81. The van der Waals surface area contributed by atoms with Crippen LogP contribution in [-0.2, 0) is 16.1 Å². The maximum Gasteiger partial charge on any atom is 0.303 e. The Labute approximate surface area is 133 Å². The normalized spacial score (nSPS) is 19.3. The van der Waals surface area contributed by atoms with Crippen LogP contribution in [0.2, 0.25) is 0 Å². The molecule has 6 heteroatoms. The first-order chi connectivity index (χ1) is 10.9. The standard InChI is InChI=1S/C17H20N2O4/c1-8-12-15(19-5-4-11(13(8)19)23-10(3)20)16(21)9(2)14(17(12)22)18-6-7-18/h11,21-22H,4-7H2,1-3H3. The molecule has 0 spiro atoms. The van der Waals surface area contributed by atoms with Crippen molar-refractivity contribution in [1.29, 1.82) is 0 Å². The lowest BCUT2D eigenvalue weighted by molar-refractivity contribution is -0.146. The number of aromatic nitrogens is 1. The molecule has 0 radical (unpaired) electrons. The number of fused-ring (bicyclic) bond motifs is 3. The van der Waals surface area contributed by atoms with E-state index in [9.17, 15) is 15.0 Å². The molecule has 0 aliphatic carbocycles. The van der Waals surface area contributed by atoms with Crippen LogP contribution >= 0.6 is 0 Å². The third-order valence-corrected chi connectivity index (χ3v) is 4.94. The van der Waals surface area contributed by atoms with E-state index in [4.69, 9.17) is 4.74 Å². The van der Waals surface area contributed by atoms with E-state index in [0.717, 1.165) is 24.3 Å². The lowest BCUT2D eigenvalue weighted by atomic mass is 10.0. The predicted molar refractivity (Wildman–Crippen MR) is 86.1 cm³/mol. The fourth-order valence-electron chi connectivity index (χ4n) is 3.89. The summed E-state index contributed by atoms with van der Waals surface area (Å²) >= 11 is 0. The number of ether oxygens (including phenoxy) is 1. The van der Waals surface area contributed by atoms with Crippen molar-refractivity contribution in [3.63, 3.8) is 0 Å². The Hall–Kier alpha value is -2.37. The number of hydrogen-bond acceptors (Lipinski definition) is 5. The van der Waals surface area contributed by atoms with Crippen molar-refractivity contribution in [1.82, 2.24) is 4.57 Å². The molecule has 6 nitrogen and oxygen atoms in total. The highest BCUT2D eigenvalue weighted by Gasteiger charge is 2.35. The summed E-state index contributed by atoms with van der Waals surface area (Å²) in [5, 5.41) is 22.2. The van der Waals surface area contributed by atoms with Crippen molar-refractivity contribution >= 4 is 22.6 Å². The quantitative estimate of drug-likeness (QED) is 0.506. The van der Waals surface area contributed by atoms with Gasteiger partial charge >= 0.3 is 5.97 Å². The van der Waals surface area contributed by atoms with Gasteiger partial charge in [-0.1, -0.05) is 0 Å². The van der Waals surface area contributed by atoms with Gasteiger partial charge in [0.05, 0.1) is 22.3 Å². The molecular weight excluding hydrogens is 296 g/mol. The Morgan fingerprint density at radius 2 is 1.83 bits per heavy atom. The number of phenolic OH excluding ortho intramolecular Hbond substituents is 2. The van der Waals surface area contributed by atoms with Gasteiger partial charge in [-0.25, -0.2) is 0 Å². The lowest BCUT2D eigenvalue weighted by Gasteiger charge is -2.15. The zero-order valence-corrected chi connectivity index (χ0v) is 13.5. The van der Waals surface area contributed by atoms with E-state index in [1.807, 2.05) is 23.3 Å². The van der Waals surface area contributed by atoms with Crippen LogP contribution in [0.4, 0.5) is 5.69 Å². The Morgan fingerprint density at radius 3 is 2.43 bits per heavy atom. The van der Waals surface area contributed by atoms with Crippen LogP contribution in [0.1, 0.15) is 36.3 Å². The minimum atomic E-state index is -0.317. The minimum Gasteiger partial charge on any atom is -0.505 e. The highest BCUT2D eigenvalue weighted by molar-refractivity contribution is 6.02. The van der Waals surface area contributed by atoms with Gasteiger partial charge in [0.1, 0.15) is 17.6 Å². The Morgan fingerprint density at radius 1 is 1.13 bits per heavy atom. The number of hydrogen-bond donors (Lipinski definition) is 2. The molecule has 122 valence electrons. The Bertz CT molecular complexity index is 849. The number of anilines is 1. The summed E-state index contributed by atoms with van der Waals surface area (Å²) in [6, 6.07) is 0. The summed E-state index contributed by atoms with van der Waals surface area (Å²) in [6.07, 6.45) is 0.377. The fourth-order valence-corrected chi connectivity index (χ4v) is 3.89. The molecule has 2 aromatic rings. The molecule has 1 atom stereocenters. The van der Waals surface area contributed by atoms with E-state index >= 15 is 0 Å². The SMILES string of the molecule is CC(=O)OC1CCn2c1c(C)c1c(O)c(N3CC3)c(C)c(O)c12. The van der Waals surface area contributed by atoms with E-state index in [0.29, 0.717) is 35.1 Å². The summed E-state index contributed by atoms with van der Waals surface area (Å²) in [7, 11) is 0. The molecule has 2 aliphatic heterocycles. The van der Waals surface area contributed by atoms with Crippen molar-refractivity contribution in [3.05, 3.63) is 16.8 Å². The Kier molecular flexibility index (Phi) is 2.83. The second-order valence-electron chi connectivity index (χ2n) is 6.43. The average molecular weight is 316 g/mol. The first-order valence-electron chi connectivity index (χ1n) is 7.91. The van der Waals surface area contributed by atoms with E-state index in [1.54, 1.807) is 0 Å². The predicted octanol–water partition coefficient (Wildman–Crippen LogP) is 2.50. The number of aryl methyl sites for hydroxylation is 2. The van der Waals surface area contributed by atoms with Gasteiger partial charge in [-0.2, -0.15) is 0 Å². The number of rotatable bonds is 2. The van der Waals surface area contributed by atoms with Crippen molar-refractivity contribution in [3.8, 4) is 11.5 Å². The van der Waals surface area contributed by atoms with Crippen LogP contribution in [0.15, 0.2) is 0 Å². The molecule has 0 saturated carbocycles. The minimum absolute atomic E-state index is 0.206. The molecule has 1 fully saturated rings. The average Bonchev–Trinajstić information content (AvgIpc) is 3.15. The van der Waals surface area contributed by atoms with Gasteiger partial charge in [0.25, 0.3) is 0 Å². The smallest absolute Gasteiger partial charge is 0.303 e. The van der Waals surface area contributed by atoms with Crippen molar-refractivity contribution < 1.29 is 19.7 Å². The molecule has 1 aromatic heterocycles. The monoisotopic (exact) mass is 316 g/mol. The highest BCUT2D eigenvalue weighted by atomic mass is 16.5. The highest BCUT2D eigenvalue weighted by Crippen LogP contribution is 2.51. The van der Waals surface area contributed by atoms with Crippen LogP contribution in [0.3, 0.4) is 0 Å². The van der Waals surface area contributed by atoms with E-state index in [2.05, 4.69) is 0 Å². The van der Waals surface area contributed by atoms with Crippen LogP contribution in [0.5, 0.6) is 11.5 Å². The van der Waals surface area contributed by atoms with E-state index < -0.39 is 0 Å². The first-order valence-corrected chi connectivity index (χ1v) is 7.91. The molecule has 4 rings (SSSR count). The van der Waals surface area contributed by atoms with Gasteiger partial charge in [0.15, 0.2) is 0 Å². The number of phenols is 2. The number of nitrogens with zero attached hydrogens (tertiary/aromatic N) is 2. The number of esters is 1. The molecule has 2 aliphatic rings. The van der Waals surface area contributed by atoms with Gasteiger partial charge in [0.2, 0.25) is 0 Å². The number of carbonyl (C=O) groups is 1. The van der Waals surface area contributed by atoms with Crippen molar-refractivity contribution in [2.24, 2.45) is 0 Å². The van der Waals surface area contributed by atoms with Gasteiger partial charge in [-0.3, -0.25) is 4.79 Å². The zero-order chi connectivity index (χ0) is 16.5. The molecule has 23 heavy (non-hydrogen) atoms. The molecule has 3 heterocycles. The lowest BCUT2D eigenvalue weighted by Crippen LogP contribution is -2.06. The molecule has 1 saturated heterocycles. The topological polar surface area (TPSA) is 74.7 Å². The number of carbonyl (C=O) groups excluding carboxylic acids is 1. The third-order valence-electron chi connectivity index (χ3n) is 4.94. The molecular formula is C17H20N2O4. The number of benzene rings is 1. The largest absolute Gasteiger partial charge is 0.505 e. The molecule has 1 aromatic carbocycles. The van der Waals surface area contributed by atoms with Crippen LogP contribution < -0.4 is 4.90 Å². The zero-order valence-electron chi connectivity index (χ0n) is 13.5. The molecule has 2 N–H and O–H groups in total. The number of aromatic hydroxyl groups is 2. The fraction of sp³-hybridized carbons (Fsp3) is 0.471. The summed E-state index contributed by atoms with van der Waals surface area (Å²) < 4.78 is 7.39. The van der Waals surface area contributed by atoms with Gasteiger partial charge in [0, 0.05) is 38.5 Å². The second-order valence-corrected chi connectivity index (χ2v) is 6.43. The Balaban J connectivity index is 2.01. The van der Waals surface area contributed by atoms with E-state index in [-0.39, 0.29) is 23.6 Å². The second kappa shape index (κ2) is 4.57. The molecule has 0 amide bonds. The summed E-state index contributed by atoms with van der Waals surface area (Å²) in [6.45, 7) is 7.59. The summed E-state index contributed by atoms with van der Waals surface area (Å²) in [5.74, 6) is 0.105. The first kappa shape index (κ1) is 14.2. The van der Waals surface area contributed by atoms with Crippen molar-refractivity contribution in [2.75, 3.05) is 18.0 Å². The van der Waals surface area contributed by atoms with Crippen molar-refractivity contribution in [2.45, 2.75) is 39.8 Å². The van der Waals surface area contributed by atoms with Gasteiger partial charge < -0.3 is 24.4 Å². The maximum absolute atomic E-state index is 11.3. The third kappa shape index (κ3) is 1.84. The van der Waals surface area contributed by atoms with Crippen LogP contribution in [-0.4, -0.2) is 33.8 Å². The van der Waals surface area contributed by atoms with Gasteiger partial charge in [-0.05, 0) is 19.4 Å². The summed E-state index contributed by atoms with van der Waals surface area (Å²) in [4.78, 5) is 13.4. The van der Waals surface area contributed by atoms with Crippen LogP contribution in [0.25, 0.3) is 10.9 Å². The van der Waals surface area contributed by atoms with E-state index in [1.165, 1.54) is 6.92 Å². The maximum atomic E-state index is 11.3. The molecule has 1 unspecified atom stereocenters. The van der Waals surface area contributed by atoms with Gasteiger partial charge in [-0.15, -0.1) is 0 Å².